The quantitative estimate of drug-likeness (QED) is 0.743. The summed E-state index contributed by atoms with van der Waals surface area (Å²) in [6, 6.07) is 12.0. The van der Waals surface area contributed by atoms with Crippen LogP contribution in [0.15, 0.2) is 42.5 Å². The van der Waals surface area contributed by atoms with Gasteiger partial charge in [-0.2, -0.15) is 0 Å². The number of hydrogen-bond acceptors (Lipinski definition) is 6. The van der Waals surface area contributed by atoms with Gasteiger partial charge < -0.3 is 4.74 Å². The van der Waals surface area contributed by atoms with Crippen molar-refractivity contribution in [1.29, 1.82) is 0 Å². The van der Waals surface area contributed by atoms with Gasteiger partial charge in [-0.1, -0.05) is 29.8 Å². The Morgan fingerprint density at radius 2 is 1.88 bits per heavy atom. The highest BCUT2D eigenvalue weighted by atomic mass is 35.5. The molecule has 0 aliphatic rings. The highest BCUT2D eigenvalue weighted by Crippen LogP contribution is 2.25. The number of hydrogen-bond donors (Lipinski definition) is 1. The summed E-state index contributed by atoms with van der Waals surface area (Å²) < 4.78 is 5.54. The van der Waals surface area contributed by atoms with E-state index in [0.29, 0.717) is 15.7 Å². The van der Waals surface area contributed by atoms with E-state index < -0.39 is 24.4 Å². The summed E-state index contributed by atoms with van der Waals surface area (Å²) >= 11 is 8.64. The lowest BCUT2D eigenvalue weighted by molar-refractivity contribution is -0.145. The smallest absolute Gasteiger partial charge is 0.316 e. The Kier molecular flexibility index (Phi) is 7.30. The van der Waals surface area contributed by atoms with E-state index in [-0.39, 0.29) is 5.75 Å². The summed E-state index contributed by atoms with van der Waals surface area (Å²) in [5.74, 6) is -0.932. The molecule has 0 aliphatic heterocycles. The summed E-state index contributed by atoms with van der Waals surface area (Å²) in [6.07, 6.45) is 0. The first-order valence-electron chi connectivity index (χ1n) is 6.91. The summed E-state index contributed by atoms with van der Waals surface area (Å²) in [6.45, 7) is -0.483. The molecule has 0 radical (unpaired) electrons. The predicted molar refractivity (Wildman–Crippen MR) is 95.4 cm³/mol. The van der Waals surface area contributed by atoms with E-state index in [1.165, 1.54) is 23.1 Å². The highest BCUT2D eigenvalue weighted by Gasteiger charge is 2.12. The number of thioether (sulfide) groups is 1. The predicted octanol–water partition coefficient (Wildman–Crippen LogP) is 3.13. The molecule has 2 amide bonds. The number of benzene rings is 1. The number of amides is 2. The Balaban J connectivity index is 1.64. The van der Waals surface area contributed by atoms with E-state index >= 15 is 0 Å². The van der Waals surface area contributed by atoms with Crippen molar-refractivity contribution in [3.8, 4) is 0 Å². The van der Waals surface area contributed by atoms with Crippen molar-refractivity contribution in [3.05, 3.63) is 57.2 Å². The molecule has 1 heterocycles. The van der Waals surface area contributed by atoms with Gasteiger partial charge in [-0.05, 0) is 24.3 Å². The van der Waals surface area contributed by atoms with E-state index in [1.54, 1.807) is 36.4 Å². The molecule has 0 atom stereocenters. The average Bonchev–Trinajstić information content (AvgIpc) is 2.99. The Labute approximate surface area is 152 Å². The molecule has 0 aliphatic carbocycles. The van der Waals surface area contributed by atoms with Crippen molar-refractivity contribution < 1.29 is 19.1 Å². The molecule has 126 valence electrons. The fraction of sp³-hybridized carbons (Fsp3) is 0.188. The molecule has 0 spiro atoms. The van der Waals surface area contributed by atoms with Crippen LogP contribution in [0.4, 0.5) is 0 Å². The van der Waals surface area contributed by atoms with Crippen molar-refractivity contribution in [2.24, 2.45) is 0 Å². The van der Waals surface area contributed by atoms with Crippen molar-refractivity contribution in [2.45, 2.75) is 5.75 Å². The van der Waals surface area contributed by atoms with E-state index in [1.807, 2.05) is 6.07 Å². The van der Waals surface area contributed by atoms with Crippen LogP contribution < -0.4 is 5.32 Å². The van der Waals surface area contributed by atoms with Crippen molar-refractivity contribution in [1.82, 2.24) is 5.32 Å². The third kappa shape index (κ3) is 6.35. The van der Waals surface area contributed by atoms with Crippen LogP contribution >= 0.6 is 34.7 Å². The molecular weight excluding hydrogens is 370 g/mol. The lowest BCUT2D eigenvalue weighted by Crippen LogP contribution is -2.34. The second-order valence-electron chi connectivity index (χ2n) is 4.60. The number of esters is 1. The molecule has 5 nitrogen and oxygen atoms in total. The van der Waals surface area contributed by atoms with Crippen LogP contribution in [0.25, 0.3) is 0 Å². The van der Waals surface area contributed by atoms with Gasteiger partial charge in [0.2, 0.25) is 0 Å². The first-order valence-corrected chi connectivity index (χ1v) is 9.26. The Bertz CT molecular complexity index is 718. The SMILES string of the molecule is O=C(COC(=O)CSCc1ccc(Cl)s1)NC(=O)c1ccccc1. The number of imide groups is 1. The molecule has 0 unspecified atom stereocenters. The minimum absolute atomic E-state index is 0.120. The molecule has 0 fully saturated rings. The molecule has 24 heavy (non-hydrogen) atoms. The van der Waals surface area contributed by atoms with Crippen LogP contribution in [0.1, 0.15) is 15.2 Å². The number of rotatable bonds is 7. The third-order valence-electron chi connectivity index (χ3n) is 2.75. The molecule has 1 aromatic heterocycles. The Hall–Kier alpha value is -1.83. The first-order chi connectivity index (χ1) is 11.5. The fourth-order valence-corrected chi connectivity index (χ4v) is 3.69. The Morgan fingerprint density at radius 3 is 2.54 bits per heavy atom. The van der Waals surface area contributed by atoms with Gasteiger partial charge in [0.05, 0.1) is 10.1 Å². The molecule has 2 aromatic rings. The lowest BCUT2D eigenvalue weighted by atomic mass is 10.2. The van der Waals surface area contributed by atoms with E-state index in [2.05, 4.69) is 5.32 Å². The molecular formula is C16H14ClNO4S2. The van der Waals surface area contributed by atoms with E-state index in [0.717, 1.165) is 4.88 Å². The summed E-state index contributed by atoms with van der Waals surface area (Å²) in [5, 5.41) is 2.16. The van der Waals surface area contributed by atoms with Crippen LogP contribution in [0.5, 0.6) is 0 Å². The van der Waals surface area contributed by atoms with Gasteiger partial charge in [0.1, 0.15) is 0 Å². The van der Waals surface area contributed by atoms with Gasteiger partial charge in [-0.3, -0.25) is 19.7 Å². The number of nitrogens with one attached hydrogen (secondary N) is 1. The van der Waals surface area contributed by atoms with Crippen LogP contribution in [0, 0.1) is 0 Å². The number of carbonyl (C=O) groups excluding carboxylic acids is 3. The molecule has 0 saturated heterocycles. The maximum Gasteiger partial charge on any atom is 0.316 e. The minimum Gasteiger partial charge on any atom is -0.455 e. The van der Waals surface area contributed by atoms with E-state index in [9.17, 15) is 14.4 Å². The fourth-order valence-electron chi connectivity index (χ4n) is 1.68. The Morgan fingerprint density at radius 1 is 1.12 bits per heavy atom. The number of thiophene rings is 1. The first kappa shape index (κ1) is 18.5. The minimum atomic E-state index is -0.660. The number of ether oxygens (including phenoxy) is 1. The molecule has 8 heteroatoms. The zero-order chi connectivity index (χ0) is 17.4. The van der Waals surface area contributed by atoms with Crippen LogP contribution in [-0.4, -0.2) is 30.1 Å². The highest BCUT2D eigenvalue weighted by molar-refractivity contribution is 7.99. The second kappa shape index (κ2) is 9.46. The second-order valence-corrected chi connectivity index (χ2v) is 7.39. The standard InChI is InChI=1S/C16H14ClNO4S2/c17-13-7-6-12(24-13)9-23-10-15(20)22-8-14(19)18-16(21)11-4-2-1-3-5-11/h1-7H,8-10H2,(H,18,19,21). The lowest BCUT2D eigenvalue weighted by Gasteiger charge is -2.05. The average molecular weight is 384 g/mol. The van der Waals surface area contributed by atoms with E-state index in [4.69, 9.17) is 16.3 Å². The van der Waals surface area contributed by atoms with Gasteiger partial charge in [0.25, 0.3) is 11.8 Å². The monoisotopic (exact) mass is 383 g/mol. The summed E-state index contributed by atoms with van der Waals surface area (Å²) in [4.78, 5) is 36.0. The number of carbonyl (C=O) groups is 3. The number of halogens is 1. The van der Waals surface area contributed by atoms with Gasteiger partial charge in [-0.15, -0.1) is 23.1 Å². The van der Waals surface area contributed by atoms with Crippen molar-refractivity contribution in [3.63, 3.8) is 0 Å². The van der Waals surface area contributed by atoms with Gasteiger partial charge in [0.15, 0.2) is 6.61 Å². The van der Waals surface area contributed by atoms with Crippen LogP contribution in [0.3, 0.4) is 0 Å². The molecule has 1 N–H and O–H groups in total. The van der Waals surface area contributed by atoms with Crippen molar-refractivity contribution >= 4 is 52.5 Å². The molecule has 0 bridgehead atoms. The molecule has 1 aromatic carbocycles. The largest absolute Gasteiger partial charge is 0.455 e. The van der Waals surface area contributed by atoms with Crippen molar-refractivity contribution in [2.75, 3.05) is 12.4 Å². The molecule has 0 saturated carbocycles. The van der Waals surface area contributed by atoms with Crippen LogP contribution in [0.2, 0.25) is 4.34 Å². The van der Waals surface area contributed by atoms with Gasteiger partial charge in [0, 0.05) is 16.2 Å². The normalized spacial score (nSPS) is 10.2. The zero-order valence-electron chi connectivity index (χ0n) is 12.5. The summed E-state index contributed by atoms with van der Waals surface area (Å²) in [7, 11) is 0. The third-order valence-corrected chi connectivity index (χ3v) is 5.12. The maximum absolute atomic E-state index is 11.7. The molecule has 2 rings (SSSR count). The van der Waals surface area contributed by atoms with Crippen LogP contribution in [-0.2, 0) is 20.1 Å². The van der Waals surface area contributed by atoms with Gasteiger partial charge >= 0.3 is 5.97 Å². The summed E-state index contributed by atoms with van der Waals surface area (Å²) in [5.41, 5.74) is 0.363. The van der Waals surface area contributed by atoms with Gasteiger partial charge in [-0.25, -0.2) is 0 Å². The topological polar surface area (TPSA) is 72.5 Å². The maximum atomic E-state index is 11.7. The zero-order valence-corrected chi connectivity index (χ0v) is 14.9.